The molecule has 0 bridgehead atoms. The minimum atomic E-state index is -1.06. The second-order valence-corrected chi connectivity index (χ2v) is 4.60. The van der Waals surface area contributed by atoms with Gasteiger partial charge in [0.25, 0.3) is 0 Å². The molecule has 18 heavy (non-hydrogen) atoms. The van der Waals surface area contributed by atoms with Crippen LogP contribution in [-0.2, 0) is 19.1 Å². The predicted molar refractivity (Wildman–Crippen MR) is 60.4 cm³/mol. The molecule has 0 aromatic rings. The van der Waals surface area contributed by atoms with Crippen molar-refractivity contribution in [3.63, 3.8) is 0 Å². The summed E-state index contributed by atoms with van der Waals surface area (Å²) in [6.45, 7) is 1.81. The highest BCUT2D eigenvalue weighted by atomic mass is 16.5. The Bertz CT molecular complexity index is 365. The van der Waals surface area contributed by atoms with Crippen LogP contribution in [0.5, 0.6) is 0 Å². The van der Waals surface area contributed by atoms with Crippen LogP contribution >= 0.6 is 0 Å². The molecule has 0 radical (unpaired) electrons. The zero-order valence-electron chi connectivity index (χ0n) is 10.1. The Morgan fingerprint density at radius 3 is 2.44 bits per heavy atom. The third-order valence-corrected chi connectivity index (χ3v) is 2.64. The van der Waals surface area contributed by atoms with Crippen molar-refractivity contribution in [3.8, 4) is 0 Å². The van der Waals surface area contributed by atoms with Gasteiger partial charge in [-0.25, -0.2) is 4.79 Å². The van der Waals surface area contributed by atoms with E-state index in [0.29, 0.717) is 0 Å². The molecule has 1 aliphatic heterocycles. The number of hydrogen-bond acceptors (Lipinski definition) is 5. The fraction of sp³-hybridized carbons (Fsp3) is 0.700. The van der Waals surface area contributed by atoms with Crippen LogP contribution in [0.15, 0.2) is 0 Å². The molecule has 102 valence electrons. The van der Waals surface area contributed by atoms with Crippen LogP contribution in [-0.4, -0.2) is 59.1 Å². The van der Waals surface area contributed by atoms with Crippen molar-refractivity contribution in [2.45, 2.75) is 25.0 Å². The van der Waals surface area contributed by atoms with Crippen molar-refractivity contribution in [2.24, 2.45) is 11.5 Å². The number of aliphatic carboxylic acids is 1. The van der Waals surface area contributed by atoms with Crippen molar-refractivity contribution < 1.29 is 24.2 Å². The summed E-state index contributed by atoms with van der Waals surface area (Å²) in [7, 11) is 0. The van der Waals surface area contributed by atoms with E-state index < -0.39 is 30.1 Å². The number of carboxylic acid groups (broad SMARTS) is 1. The lowest BCUT2D eigenvalue weighted by atomic mass is 9.95. The Labute approximate surface area is 104 Å². The highest BCUT2D eigenvalue weighted by Gasteiger charge is 2.43. The standard InChI is InChI=1S/C10H17N3O5/c1-10(18-3-8(15)16)4-13(5-10)9(17)6(11)2-7(12)14/h6H,2-5,11H2,1H3,(H2,12,14)(H,15,16). The van der Waals surface area contributed by atoms with Gasteiger partial charge in [0.1, 0.15) is 12.2 Å². The van der Waals surface area contributed by atoms with Gasteiger partial charge < -0.3 is 26.2 Å². The molecule has 1 heterocycles. The van der Waals surface area contributed by atoms with Crippen molar-refractivity contribution in [1.82, 2.24) is 4.90 Å². The smallest absolute Gasteiger partial charge is 0.329 e. The molecular weight excluding hydrogens is 242 g/mol. The fourth-order valence-corrected chi connectivity index (χ4v) is 1.78. The topological polar surface area (TPSA) is 136 Å². The number of rotatable bonds is 6. The Balaban J connectivity index is 2.38. The Morgan fingerprint density at radius 1 is 1.44 bits per heavy atom. The lowest BCUT2D eigenvalue weighted by Crippen LogP contribution is -2.66. The Hall–Kier alpha value is -1.67. The molecule has 5 N–H and O–H groups in total. The predicted octanol–water partition coefficient (Wildman–Crippen LogP) is -2.11. The van der Waals surface area contributed by atoms with Gasteiger partial charge >= 0.3 is 5.97 Å². The molecule has 0 spiro atoms. The van der Waals surface area contributed by atoms with E-state index in [0.717, 1.165) is 0 Å². The number of nitrogens with zero attached hydrogens (tertiary/aromatic N) is 1. The maximum Gasteiger partial charge on any atom is 0.329 e. The lowest BCUT2D eigenvalue weighted by molar-refractivity contribution is -0.174. The van der Waals surface area contributed by atoms with Crippen LogP contribution in [0.1, 0.15) is 13.3 Å². The van der Waals surface area contributed by atoms with Crippen molar-refractivity contribution >= 4 is 17.8 Å². The minimum absolute atomic E-state index is 0.206. The third-order valence-electron chi connectivity index (χ3n) is 2.64. The summed E-state index contributed by atoms with van der Waals surface area (Å²) in [4.78, 5) is 34.1. The number of primary amides is 1. The van der Waals surface area contributed by atoms with E-state index >= 15 is 0 Å². The lowest BCUT2D eigenvalue weighted by Gasteiger charge is -2.47. The minimum Gasteiger partial charge on any atom is -0.480 e. The monoisotopic (exact) mass is 259 g/mol. The molecular formula is C10H17N3O5. The number of carboxylic acids is 1. The van der Waals surface area contributed by atoms with E-state index in [-0.39, 0.29) is 25.4 Å². The molecule has 2 amide bonds. The van der Waals surface area contributed by atoms with Gasteiger partial charge in [0.05, 0.1) is 25.6 Å². The molecule has 0 aromatic heterocycles. The summed E-state index contributed by atoms with van der Waals surface area (Å²) in [5.74, 6) is -2.09. The molecule has 8 heteroatoms. The molecule has 0 aliphatic carbocycles. The molecule has 0 aromatic carbocycles. The van der Waals surface area contributed by atoms with Crippen molar-refractivity contribution in [1.29, 1.82) is 0 Å². The zero-order chi connectivity index (χ0) is 13.9. The van der Waals surface area contributed by atoms with Crippen molar-refractivity contribution in [3.05, 3.63) is 0 Å². The van der Waals surface area contributed by atoms with Crippen LogP contribution in [0.2, 0.25) is 0 Å². The molecule has 1 atom stereocenters. The molecule has 1 fully saturated rings. The first-order valence-corrected chi connectivity index (χ1v) is 5.42. The third kappa shape index (κ3) is 3.67. The van der Waals surface area contributed by atoms with Gasteiger partial charge in [-0.1, -0.05) is 0 Å². The van der Waals surface area contributed by atoms with Gasteiger partial charge in [-0.3, -0.25) is 9.59 Å². The summed E-state index contributed by atoms with van der Waals surface area (Å²) in [5, 5.41) is 8.48. The summed E-state index contributed by atoms with van der Waals surface area (Å²) in [5.41, 5.74) is 9.79. The van der Waals surface area contributed by atoms with Crippen LogP contribution < -0.4 is 11.5 Å². The Kier molecular flexibility index (Phi) is 4.25. The number of carbonyl (C=O) groups is 3. The first kappa shape index (κ1) is 14.4. The first-order chi connectivity index (χ1) is 8.23. The first-order valence-electron chi connectivity index (χ1n) is 5.42. The largest absolute Gasteiger partial charge is 0.480 e. The van der Waals surface area contributed by atoms with Crippen LogP contribution in [0.25, 0.3) is 0 Å². The highest BCUT2D eigenvalue weighted by Crippen LogP contribution is 2.25. The van der Waals surface area contributed by atoms with E-state index in [1.807, 2.05) is 0 Å². The normalized spacial score (nSPS) is 18.9. The zero-order valence-corrected chi connectivity index (χ0v) is 10.1. The van der Waals surface area contributed by atoms with E-state index in [2.05, 4.69) is 0 Å². The summed E-state index contributed by atoms with van der Waals surface area (Å²) < 4.78 is 5.14. The second-order valence-electron chi connectivity index (χ2n) is 4.60. The van der Waals surface area contributed by atoms with E-state index in [9.17, 15) is 14.4 Å². The Morgan fingerprint density at radius 2 is 2.00 bits per heavy atom. The summed E-state index contributed by atoms with van der Waals surface area (Å²) >= 11 is 0. The number of carbonyl (C=O) groups excluding carboxylic acids is 2. The highest BCUT2D eigenvalue weighted by molar-refractivity contribution is 5.88. The molecule has 0 saturated carbocycles. The van der Waals surface area contributed by atoms with Gasteiger partial charge in [0, 0.05) is 0 Å². The van der Waals surface area contributed by atoms with Crippen LogP contribution in [0, 0.1) is 0 Å². The van der Waals surface area contributed by atoms with E-state index in [1.54, 1.807) is 6.92 Å². The maximum atomic E-state index is 11.7. The van der Waals surface area contributed by atoms with E-state index in [1.165, 1.54) is 4.90 Å². The van der Waals surface area contributed by atoms with Gasteiger partial charge in [0.2, 0.25) is 11.8 Å². The van der Waals surface area contributed by atoms with Crippen LogP contribution in [0.4, 0.5) is 0 Å². The SMILES string of the molecule is CC1(OCC(=O)O)CN(C(=O)C(N)CC(N)=O)C1. The van der Waals surface area contributed by atoms with Gasteiger partial charge in [0.15, 0.2) is 0 Å². The van der Waals surface area contributed by atoms with Crippen molar-refractivity contribution in [2.75, 3.05) is 19.7 Å². The number of likely N-dealkylation sites (tertiary alicyclic amines) is 1. The average molecular weight is 259 g/mol. The van der Waals surface area contributed by atoms with Gasteiger partial charge in [-0.15, -0.1) is 0 Å². The molecule has 1 rings (SSSR count). The number of amides is 2. The summed E-state index contributed by atoms with van der Waals surface area (Å²) in [6, 6.07) is -0.952. The molecule has 1 aliphatic rings. The van der Waals surface area contributed by atoms with Gasteiger partial charge in [-0.2, -0.15) is 0 Å². The second kappa shape index (κ2) is 5.32. The molecule has 8 nitrogen and oxygen atoms in total. The van der Waals surface area contributed by atoms with Crippen LogP contribution in [0.3, 0.4) is 0 Å². The summed E-state index contributed by atoms with van der Waals surface area (Å²) in [6.07, 6.45) is -0.206. The molecule has 1 unspecified atom stereocenters. The fourth-order valence-electron chi connectivity index (χ4n) is 1.78. The maximum absolute atomic E-state index is 11.7. The number of nitrogens with two attached hydrogens (primary N) is 2. The number of ether oxygens (including phenoxy) is 1. The average Bonchev–Trinajstić information content (AvgIpc) is 2.20. The number of hydrogen-bond donors (Lipinski definition) is 3. The quantitative estimate of drug-likeness (QED) is 0.499. The van der Waals surface area contributed by atoms with E-state index in [4.69, 9.17) is 21.3 Å². The van der Waals surface area contributed by atoms with Gasteiger partial charge in [-0.05, 0) is 6.92 Å². The molecule has 1 saturated heterocycles.